The SMILES string of the molecule is CN(N)c1c(N)cccc1C(C(=O)O)N1CCCC1.OCCCCc1ccc2c(n1)NCCC2. The maximum Gasteiger partial charge on any atom is 0.325 e. The summed E-state index contributed by atoms with van der Waals surface area (Å²) in [5.74, 6) is 6.00. The van der Waals surface area contributed by atoms with Gasteiger partial charge in [0.05, 0.1) is 11.4 Å². The number of aliphatic carboxylic acids is 1. The van der Waals surface area contributed by atoms with Gasteiger partial charge in [-0.25, -0.2) is 10.8 Å². The molecule has 2 aliphatic rings. The van der Waals surface area contributed by atoms with Crippen LogP contribution in [0.3, 0.4) is 0 Å². The molecule has 34 heavy (non-hydrogen) atoms. The molecule has 186 valence electrons. The number of rotatable bonds is 8. The summed E-state index contributed by atoms with van der Waals surface area (Å²) >= 11 is 0. The Morgan fingerprint density at radius 1 is 1.21 bits per heavy atom. The van der Waals surface area contributed by atoms with Crippen molar-refractivity contribution in [3.8, 4) is 0 Å². The van der Waals surface area contributed by atoms with Crippen LogP contribution in [-0.4, -0.2) is 59.4 Å². The molecular formula is C25H38N6O3. The molecule has 1 saturated heterocycles. The smallest absolute Gasteiger partial charge is 0.325 e. The molecule has 3 heterocycles. The van der Waals surface area contributed by atoms with Crippen molar-refractivity contribution < 1.29 is 15.0 Å². The minimum Gasteiger partial charge on any atom is -0.480 e. The Hall–Kier alpha value is -2.88. The molecule has 0 spiro atoms. The molecule has 4 rings (SSSR count). The predicted molar refractivity (Wildman–Crippen MR) is 136 cm³/mol. The fourth-order valence-corrected chi connectivity index (χ4v) is 4.62. The number of aromatic nitrogens is 1. The van der Waals surface area contributed by atoms with Gasteiger partial charge in [-0.1, -0.05) is 18.2 Å². The quantitative estimate of drug-likeness (QED) is 0.170. The number of unbranched alkanes of at least 4 members (excludes halogenated alkanes) is 1. The first kappa shape index (κ1) is 25.7. The molecule has 0 amide bonds. The number of benzene rings is 1. The fourth-order valence-electron chi connectivity index (χ4n) is 4.62. The number of carboxylic acid groups (broad SMARTS) is 1. The third-order valence-corrected chi connectivity index (χ3v) is 6.28. The number of aryl methyl sites for hydroxylation is 2. The standard InChI is InChI=1S/C13H20N4O2.C12H18N2O/c1-16(15)11-9(5-4-6-10(11)14)12(13(18)19)17-7-2-3-8-17;15-9-2-1-5-11-7-6-10-4-3-8-13-12(10)14-11/h4-6,12H,2-3,7-8,14-15H2,1H3,(H,18,19);6-7,15H,1-5,8-9H2,(H,13,14). The van der Waals surface area contributed by atoms with Crippen LogP contribution in [0.2, 0.25) is 0 Å². The maximum absolute atomic E-state index is 11.6. The Balaban J connectivity index is 0.000000196. The second-order valence-corrected chi connectivity index (χ2v) is 8.90. The van der Waals surface area contributed by atoms with Crippen LogP contribution in [0.15, 0.2) is 30.3 Å². The minimum atomic E-state index is -0.865. The van der Waals surface area contributed by atoms with Gasteiger partial charge in [0.25, 0.3) is 0 Å². The van der Waals surface area contributed by atoms with Gasteiger partial charge in [-0.05, 0) is 75.7 Å². The van der Waals surface area contributed by atoms with Gasteiger partial charge in [-0.2, -0.15) is 0 Å². The number of nitrogens with one attached hydrogen (secondary N) is 1. The van der Waals surface area contributed by atoms with Crippen molar-refractivity contribution in [1.29, 1.82) is 0 Å². The van der Waals surface area contributed by atoms with Crippen LogP contribution in [0.25, 0.3) is 0 Å². The van der Waals surface area contributed by atoms with Gasteiger partial charge in [0.1, 0.15) is 11.9 Å². The first-order valence-corrected chi connectivity index (χ1v) is 12.1. The summed E-state index contributed by atoms with van der Waals surface area (Å²) in [5, 5.41) is 23.0. The van der Waals surface area contributed by atoms with Gasteiger partial charge in [0, 0.05) is 31.5 Å². The number of para-hydroxylation sites is 1. The van der Waals surface area contributed by atoms with Crippen LogP contribution in [-0.2, 0) is 17.6 Å². The van der Waals surface area contributed by atoms with Crippen LogP contribution in [0, 0.1) is 0 Å². The number of anilines is 3. The third kappa shape index (κ3) is 6.59. The molecule has 0 radical (unpaired) electrons. The maximum atomic E-state index is 11.6. The molecule has 7 N–H and O–H groups in total. The molecule has 9 heteroatoms. The van der Waals surface area contributed by atoms with E-state index in [1.165, 1.54) is 17.0 Å². The van der Waals surface area contributed by atoms with Gasteiger partial charge in [-0.3, -0.25) is 9.69 Å². The number of pyridine rings is 1. The summed E-state index contributed by atoms with van der Waals surface area (Å²) in [7, 11) is 1.66. The Bertz CT molecular complexity index is 946. The van der Waals surface area contributed by atoms with E-state index in [9.17, 15) is 9.90 Å². The summed E-state index contributed by atoms with van der Waals surface area (Å²) in [4.78, 5) is 18.2. The molecule has 1 aromatic carbocycles. The molecule has 1 unspecified atom stereocenters. The highest BCUT2D eigenvalue weighted by atomic mass is 16.4. The van der Waals surface area contributed by atoms with E-state index in [1.807, 2.05) is 4.90 Å². The van der Waals surface area contributed by atoms with E-state index >= 15 is 0 Å². The Morgan fingerprint density at radius 2 is 1.97 bits per heavy atom. The number of carboxylic acids is 1. The molecule has 0 aliphatic carbocycles. The highest BCUT2D eigenvalue weighted by Gasteiger charge is 2.32. The molecule has 0 saturated carbocycles. The normalized spacial score (nSPS) is 16.1. The number of nitrogen functional groups attached to an aromatic ring is 1. The van der Waals surface area contributed by atoms with Crippen LogP contribution in [0.1, 0.15) is 55.0 Å². The van der Waals surface area contributed by atoms with Crippen LogP contribution in [0.5, 0.6) is 0 Å². The minimum absolute atomic E-state index is 0.281. The molecule has 1 atom stereocenters. The van der Waals surface area contributed by atoms with Crippen LogP contribution >= 0.6 is 0 Å². The zero-order chi connectivity index (χ0) is 24.5. The number of aliphatic hydroxyl groups is 1. The van der Waals surface area contributed by atoms with E-state index in [-0.39, 0.29) is 6.61 Å². The topological polar surface area (TPSA) is 141 Å². The number of likely N-dealkylation sites (tertiary alicyclic amines) is 1. The second-order valence-electron chi connectivity index (χ2n) is 8.90. The lowest BCUT2D eigenvalue weighted by Crippen LogP contribution is -2.35. The van der Waals surface area contributed by atoms with E-state index in [1.54, 1.807) is 25.2 Å². The van der Waals surface area contributed by atoms with Gasteiger partial charge in [0.2, 0.25) is 0 Å². The predicted octanol–water partition coefficient (Wildman–Crippen LogP) is 2.55. The summed E-state index contributed by atoms with van der Waals surface area (Å²) in [5.41, 5.74) is 10.1. The summed E-state index contributed by atoms with van der Waals surface area (Å²) in [6, 6.07) is 8.89. The summed E-state index contributed by atoms with van der Waals surface area (Å²) in [6.07, 6.45) is 7.26. The van der Waals surface area contributed by atoms with E-state index in [4.69, 9.17) is 16.7 Å². The lowest BCUT2D eigenvalue weighted by molar-refractivity contribution is -0.143. The second kappa shape index (κ2) is 12.5. The first-order valence-electron chi connectivity index (χ1n) is 12.1. The van der Waals surface area contributed by atoms with E-state index in [2.05, 4.69) is 22.4 Å². The summed E-state index contributed by atoms with van der Waals surface area (Å²) < 4.78 is 0. The van der Waals surface area contributed by atoms with Gasteiger partial charge >= 0.3 is 5.97 Å². The van der Waals surface area contributed by atoms with Crippen molar-refractivity contribution in [1.82, 2.24) is 9.88 Å². The van der Waals surface area contributed by atoms with E-state index in [0.717, 1.165) is 69.7 Å². The van der Waals surface area contributed by atoms with Crippen molar-refractivity contribution in [2.24, 2.45) is 5.84 Å². The van der Waals surface area contributed by atoms with E-state index < -0.39 is 12.0 Å². The van der Waals surface area contributed by atoms with Crippen molar-refractivity contribution >= 4 is 23.2 Å². The number of carbonyl (C=O) groups is 1. The zero-order valence-corrected chi connectivity index (χ0v) is 20.0. The van der Waals surface area contributed by atoms with Gasteiger partial charge < -0.3 is 26.3 Å². The number of hydrogen-bond acceptors (Lipinski definition) is 8. The molecule has 1 aromatic heterocycles. The average Bonchev–Trinajstić information content (AvgIpc) is 3.33. The molecular weight excluding hydrogens is 432 g/mol. The molecule has 1 fully saturated rings. The molecule has 2 aliphatic heterocycles. The number of aliphatic hydroxyl groups excluding tert-OH is 1. The molecule has 2 aromatic rings. The number of nitrogens with zero attached hydrogens (tertiary/aromatic N) is 3. The van der Waals surface area contributed by atoms with Gasteiger partial charge in [0.15, 0.2) is 0 Å². The largest absolute Gasteiger partial charge is 0.480 e. The lowest BCUT2D eigenvalue weighted by atomic mass is 10.0. The zero-order valence-electron chi connectivity index (χ0n) is 20.0. The van der Waals surface area contributed by atoms with Crippen molar-refractivity contribution in [3.63, 3.8) is 0 Å². The highest BCUT2D eigenvalue weighted by Crippen LogP contribution is 2.35. The average molecular weight is 471 g/mol. The first-order chi connectivity index (χ1) is 16.4. The fraction of sp³-hybridized carbons (Fsp3) is 0.520. The van der Waals surface area contributed by atoms with Crippen LogP contribution in [0.4, 0.5) is 17.2 Å². The Kier molecular flexibility index (Phi) is 9.50. The summed E-state index contributed by atoms with van der Waals surface area (Å²) in [6.45, 7) is 2.91. The Morgan fingerprint density at radius 3 is 2.65 bits per heavy atom. The lowest BCUT2D eigenvalue weighted by Gasteiger charge is -2.28. The molecule has 9 nitrogen and oxygen atoms in total. The van der Waals surface area contributed by atoms with Crippen molar-refractivity contribution in [3.05, 3.63) is 47.2 Å². The number of hydrogen-bond donors (Lipinski definition) is 5. The van der Waals surface area contributed by atoms with Crippen molar-refractivity contribution in [2.45, 2.75) is 51.0 Å². The highest BCUT2D eigenvalue weighted by molar-refractivity contribution is 5.82. The number of hydrazine groups is 1. The van der Waals surface area contributed by atoms with E-state index in [0.29, 0.717) is 16.9 Å². The Labute approximate surface area is 201 Å². The van der Waals surface area contributed by atoms with Crippen LogP contribution < -0.4 is 21.9 Å². The molecule has 0 bridgehead atoms. The monoisotopic (exact) mass is 470 g/mol. The third-order valence-electron chi connectivity index (χ3n) is 6.28. The van der Waals surface area contributed by atoms with Crippen molar-refractivity contribution in [2.75, 3.05) is 49.3 Å². The number of fused-ring (bicyclic) bond motifs is 1. The van der Waals surface area contributed by atoms with Gasteiger partial charge in [-0.15, -0.1) is 0 Å². The number of nitrogens with two attached hydrogens (primary N) is 2.